The molecule has 0 aliphatic carbocycles. The van der Waals surface area contributed by atoms with E-state index in [9.17, 15) is 0 Å². The summed E-state index contributed by atoms with van der Waals surface area (Å²) in [6.07, 6.45) is 0. The van der Waals surface area contributed by atoms with E-state index in [2.05, 4.69) is 13.0 Å². The molecule has 0 saturated carbocycles. The molecule has 78 valence electrons. The number of halogens is 1. The van der Waals surface area contributed by atoms with Crippen LogP contribution in [0, 0.1) is 5.92 Å². The fraction of sp³-hybridized carbons (Fsp3) is 0.455. The molecule has 1 unspecified atom stereocenters. The molecule has 0 saturated heterocycles. The third-order valence-electron chi connectivity index (χ3n) is 1.96. The summed E-state index contributed by atoms with van der Waals surface area (Å²) in [7, 11) is 0. The summed E-state index contributed by atoms with van der Waals surface area (Å²) in [6.45, 7) is 2.94. The van der Waals surface area contributed by atoms with Gasteiger partial charge in [-0.2, -0.15) is 11.8 Å². The van der Waals surface area contributed by atoms with Crippen molar-refractivity contribution in [3.8, 4) is 0 Å². The van der Waals surface area contributed by atoms with Crippen LogP contribution in [0.3, 0.4) is 0 Å². The Hall–Kier alpha value is -0.180. The molecule has 1 atom stereocenters. The lowest BCUT2D eigenvalue weighted by Crippen LogP contribution is -2.12. The average Bonchev–Trinajstić information content (AvgIpc) is 2.17. The van der Waals surface area contributed by atoms with Crippen LogP contribution in [-0.2, 0) is 5.75 Å². The van der Waals surface area contributed by atoms with Gasteiger partial charge in [-0.3, -0.25) is 0 Å². The van der Waals surface area contributed by atoms with E-state index in [-0.39, 0.29) is 0 Å². The Morgan fingerprint density at radius 3 is 2.93 bits per heavy atom. The van der Waals surface area contributed by atoms with E-state index in [1.54, 1.807) is 0 Å². The van der Waals surface area contributed by atoms with Crippen LogP contribution in [-0.4, -0.2) is 12.3 Å². The topological polar surface area (TPSA) is 26.0 Å². The predicted molar refractivity (Wildman–Crippen MR) is 65.8 cm³/mol. The van der Waals surface area contributed by atoms with E-state index in [1.807, 2.05) is 30.0 Å². The first-order valence-electron chi connectivity index (χ1n) is 4.74. The highest BCUT2D eigenvalue weighted by molar-refractivity contribution is 7.98. The molecule has 1 aromatic carbocycles. The second kappa shape index (κ2) is 6.33. The van der Waals surface area contributed by atoms with Crippen LogP contribution < -0.4 is 5.73 Å². The van der Waals surface area contributed by atoms with Gasteiger partial charge >= 0.3 is 0 Å². The SMILES string of the molecule is CC(CN)CSCc1cccc(Cl)c1. The van der Waals surface area contributed by atoms with Gasteiger partial charge in [0.2, 0.25) is 0 Å². The zero-order valence-corrected chi connectivity index (χ0v) is 9.94. The molecule has 0 aliphatic rings. The molecule has 0 aliphatic heterocycles. The Labute approximate surface area is 95.0 Å². The summed E-state index contributed by atoms with van der Waals surface area (Å²) >= 11 is 7.79. The lowest BCUT2D eigenvalue weighted by Gasteiger charge is -2.07. The minimum atomic E-state index is 0.596. The van der Waals surface area contributed by atoms with Crippen LogP contribution in [0.15, 0.2) is 24.3 Å². The van der Waals surface area contributed by atoms with Crippen LogP contribution in [0.4, 0.5) is 0 Å². The smallest absolute Gasteiger partial charge is 0.0409 e. The van der Waals surface area contributed by atoms with Crippen molar-refractivity contribution in [1.29, 1.82) is 0 Å². The van der Waals surface area contributed by atoms with Crippen LogP contribution in [0.5, 0.6) is 0 Å². The van der Waals surface area contributed by atoms with Crippen LogP contribution in [0.1, 0.15) is 12.5 Å². The van der Waals surface area contributed by atoms with E-state index in [4.69, 9.17) is 17.3 Å². The molecule has 0 bridgehead atoms. The van der Waals surface area contributed by atoms with Gasteiger partial charge in [0.05, 0.1) is 0 Å². The Balaban J connectivity index is 2.31. The largest absolute Gasteiger partial charge is 0.330 e. The molecule has 0 fully saturated rings. The zero-order chi connectivity index (χ0) is 10.4. The van der Waals surface area contributed by atoms with Crippen molar-refractivity contribution >= 4 is 23.4 Å². The number of hydrogen-bond donors (Lipinski definition) is 1. The Morgan fingerprint density at radius 2 is 2.29 bits per heavy atom. The fourth-order valence-corrected chi connectivity index (χ4v) is 2.36. The van der Waals surface area contributed by atoms with Crippen LogP contribution >= 0.6 is 23.4 Å². The average molecular weight is 230 g/mol. The molecule has 3 heteroatoms. The van der Waals surface area contributed by atoms with Crippen molar-refractivity contribution in [2.24, 2.45) is 11.7 Å². The first-order valence-corrected chi connectivity index (χ1v) is 6.28. The molecule has 1 rings (SSSR count). The zero-order valence-electron chi connectivity index (χ0n) is 8.37. The molecule has 0 amide bonds. The molecule has 0 spiro atoms. The summed E-state index contributed by atoms with van der Waals surface area (Å²) in [4.78, 5) is 0. The monoisotopic (exact) mass is 229 g/mol. The number of thioether (sulfide) groups is 1. The van der Waals surface area contributed by atoms with Gasteiger partial charge in [-0.05, 0) is 35.9 Å². The van der Waals surface area contributed by atoms with Crippen molar-refractivity contribution in [3.05, 3.63) is 34.9 Å². The molecule has 0 aromatic heterocycles. The van der Waals surface area contributed by atoms with Crippen molar-refractivity contribution in [2.75, 3.05) is 12.3 Å². The molecule has 0 radical (unpaired) electrons. The lowest BCUT2D eigenvalue weighted by atomic mass is 10.2. The minimum absolute atomic E-state index is 0.596. The van der Waals surface area contributed by atoms with E-state index >= 15 is 0 Å². The van der Waals surface area contributed by atoms with Crippen molar-refractivity contribution in [3.63, 3.8) is 0 Å². The van der Waals surface area contributed by atoms with Gasteiger partial charge in [0.15, 0.2) is 0 Å². The maximum atomic E-state index is 5.88. The summed E-state index contributed by atoms with van der Waals surface area (Å²) in [5.74, 6) is 2.73. The normalized spacial score (nSPS) is 12.8. The Bertz CT molecular complexity index is 278. The summed E-state index contributed by atoms with van der Waals surface area (Å²) in [6, 6.07) is 8.01. The highest BCUT2D eigenvalue weighted by atomic mass is 35.5. The molecule has 1 nitrogen and oxygen atoms in total. The number of rotatable bonds is 5. The second-order valence-electron chi connectivity index (χ2n) is 3.49. The first kappa shape index (κ1) is 11.9. The molecule has 1 aromatic rings. The van der Waals surface area contributed by atoms with Crippen molar-refractivity contribution in [2.45, 2.75) is 12.7 Å². The fourth-order valence-electron chi connectivity index (χ4n) is 1.07. The quantitative estimate of drug-likeness (QED) is 0.840. The third kappa shape index (κ3) is 4.36. The minimum Gasteiger partial charge on any atom is -0.330 e. The summed E-state index contributed by atoms with van der Waals surface area (Å²) in [5.41, 5.74) is 6.83. The van der Waals surface area contributed by atoms with Gasteiger partial charge in [0.1, 0.15) is 0 Å². The van der Waals surface area contributed by atoms with Gasteiger partial charge < -0.3 is 5.73 Å². The summed E-state index contributed by atoms with van der Waals surface area (Å²) < 4.78 is 0. The molecular weight excluding hydrogens is 214 g/mol. The molecular formula is C11H16ClNS. The highest BCUT2D eigenvalue weighted by Gasteiger charge is 2.00. The standard InChI is InChI=1S/C11H16ClNS/c1-9(6-13)7-14-8-10-3-2-4-11(12)5-10/h2-5,9H,6-8,13H2,1H3. The third-order valence-corrected chi connectivity index (χ3v) is 3.54. The maximum absolute atomic E-state index is 5.88. The van der Waals surface area contributed by atoms with Gasteiger partial charge in [-0.15, -0.1) is 0 Å². The number of benzene rings is 1. The van der Waals surface area contributed by atoms with Crippen LogP contribution in [0.25, 0.3) is 0 Å². The Kier molecular flexibility index (Phi) is 5.38. The van der Waals surface area contributed by atoms with Crippen molar-refractivity contribution in [1.82, 2.24) is 0 Å². The summed E-state index contributed by atoms with van der Waals surface area (Å²) in [5, 5.41) is 0.815. The lowest BCUT2D eigenvalue weighted by molar-refractivity contribution is 0.675. The van der Waals surface area contributed by atoms with Gasteiger partial charge in [-0.1, -0.05) is 30.7 Å². The molecule has 2 N–H and O–H groups in total. The second-order valence-corrected chi connectivity index (χ2v) is 4.95. The highest BCUT2D eigenvalue weighted by Crippen LogP contribution is 2.18. The van der Waals surface area contributed by atoms with E-state index in [0.29, 0.717) is 5.92 Å². The Morgan fingerprint density at radius 1 is 1.50 bits per heavy atom. The predicted octanol–water partition coefficient (Wildman–Crippen LogP) is 3.17. The van der Waals surface area contributed by atoms with E-state index in [1.165, 1.54) is 5.56 Å². The van der Waals surface area contributed by atoms with Crippen LogP contribution in [0.2, 0.25) is 5.02 Å². The maximum Gasteiger partial charge on any atom is 0.0409 e. The van der Waals surface area contributed by atoms with Crippen molar-refractivity contribution < 1.29 is 0 Å². The molecule has 14 heavy (non-hydrogen) atoms. The van der Waals surface area contributed by atoms with E-state index < -0.39 is 0 Å². The first-order chi connectivity index (χ1) is 6.72. The molecule has 0 heterocycles. The van der Waals surface area contributed by atoms with E-state index in [0.717, 1.165) is 23.1 Å². The van der Waals surface area contributed by atoms with Gasteiger partial charge in [-0.25, -0.2) is 0 Å². The van der Waals surface area contributed by atoms with Gasteiger partial charge in [0, 0.05) is 10.8 Å². The number of nitrogens with two attached hydrogens (primary N) is 1. The van der Waals surface area contributed by atoms with Gasteiger partial charge in [0.25, 0.3) is 0 Å². The number of hydrogen-bond acceptors (Lipinski definition) is 2.